The zero-order valence-corrected chi connectivity index (χ0v) is 11.6. The molecule has 102 valence electrons. The van der Waals surface area contributed by atoms with Crippen LogP contribution in [0, 0.1) is 0 Å². The number of amides is 1. The van der Waals surface area contributed by atoms with Crippen LogP contribution < -0.4 is 5.32 Å². The van der Waals surface area contributed by atoms with Crippen LogP contribution >= 0.6 is 0 Å². The van der Waals surface area contributed by atoms with Crippen LogP contribution in [-0.4, -0.2) is 37.0 Å². The lowest BCUT2D eigenvalue weighted by molar-refractivity contribution is -0.126. The molecule has 1 heterocycles. The molecule has 1 saturated heterocycles. The maximum absolute atomic E-state index is 12.1. The van der Waals surface area contributed by atoms with E-state index in [1.54, 1.807) is 5.57 Å². The maximum Gasteiger partial charge on any atom is 0.237 e. The van der Waals surface area contributed by atoms with E-state index < -0.39 is 0 Å². The SMILES string of the molecule is CN1CCCCC1C(=O)NCCC1=CCCCC1. The average molecular weight is 250 g/mol. The van der Waals surface area contributed by atoms with Gasteiger partial charge >= 0.3 is 0 Å². The van der Waals surface area contributed by atoms with Crippen molar-refractivity contribution in [3.63, 3.8) is 0 Å². The standard InChI is InChI=1S/C15H26N2O/c1-17-12-6-5-9-14(17)15(18)16-11-10-13-7-3-2-4-8-13/h7,14H,2-6,8-12H2,1H3,(H,16,18). The summed E-state index contributed by atoms with van der Waals surface area (Å²) in [6.45, 7) is 1.87. The van der Waals surface area contributed by atoms with Gasteiger partial charge in [-0.1, -0.05) is 18.1 Å². The Kier molecular flexibility index (Phi) is 5.24. The second-order valence-corrected chi connectivity index (χ2v) is 5.64. The van der Waals surface area contributed by atoms with Gasteiger partial charge in [-0.2, -0.15) is 0 Å². The molecule has 3 heteroatoms. The van der Waals surface area contributed by atoms with Crippen LogP contribution in [0.1, 0.15) is 51.4 Å². The average Bonchev–Trinajstić information content (AvgIpc) is 2.40. The molecule has 0 radical (unpaired) electrons. The van der Waals surface area contributed by atoms with Crippen molar-refractivity contribution in [1.82, 2.24) is 10.2 Å². The highest BCUT2D eigenvalue weighted by atomic mass is 16.2. The quantitative estimate of drug-likeness (QED) is 0.777. The van der Waals surface area contributed by atoms with Gasteiger partial charge in [-0.15, -0.1) is 0 Å². The number of piperidine rings is 1. The summed E-state index contributed by atoms with van der Waals surface area (Å²) in [6.07, 6.45) is 12.0. The van der Waals surface area contributed by atoms with Crippen LogP contribution in [-0.2, 0) is 4.79 Å². The fraction of sp³-hybridized carbons (Fsp3) is 0.800. The Morgan fingerprint density at radius 1 is 1.39 bits per heavy atom. The molecule has 1 N–H and O–H groups in total. The number of nitrogens with zero attached hydrogens (tertiary/aromatic N) is 1. The van der Waals surface area contributed by atoms with Gasteiger partial charge in [-0.25, -0.2) is 0 Å². The summed E-state index contributed by atoms with van der Waals surface area (Å²) in [7, 11) is 2.06. The first-order valence-electron chi connectivity index (χ1n) is 7.43. The Balaban J connectivity index is 1.69. The van der Waals surface area contributed by atoms with Crippen molar-refractivity contribution < 1.29 is 4.79 Å². The fourth-order valence-corrected chi connectivity index (χ4v) is 3.00. The Morgan fingerprint density at radius 2 is 2.28 bits per heavy atom. The molecule has 2 aliphatic rings. The van der Waals surface area contributed by atoms with E-state index >= 15 is 0 Å². The van der Waals surface area contributed by atoms with Gasteiger partial charge in [0, 0.05) is 6.54 Å². The number of likely N-dealkylation sites (N-methyl/N-ethyl adjacent to an activating group) is 1. The number of hydrogen-bond donors (Lipinski definition) is 1. The Hall–Kier alpha value is -0.830. The lowest BCUT2D eigenvalue weighted by atomic mass is 9.97. The smallest absolute Gasteiger partial charge is 0.237 e. The van der Waals surface area contributed by atoms with Gasteiger partial charge in [0.15, 0.2) is 0 Å². The molecule has 1 unspecified atom stereocenters. The van der Waals surface area contributed by atoms with Gasteiger partial charge in [0.2, 0.25) is 5.91 Å². The molecule has 0 aromatic heterocycles. The summed E-state index contributed by atoms with van der Waals surface area (Å²) in [5.74, 6) is 0.230. The van der Waals surface area contributed by atoms with Crippen LogP contribution in [0.3, 0.4) is 0 Å². The molecule has 0 aromatic rings. The lowest BCUT2D eigenvalue weighted by Gasteiger charge is -2.31. The highest BCUT2D eigenvalue weighted by Gasteiger charge is 2.25. The van der Waals surface area contributed by atoms with Crippen molar-refractivity contribution in [2.45, 2.75) is 57.4 Å². The minimum atomic E-state index is 0.110. The van der Waals surface area contributed by atoms with Crippen molar-refractivity contribution in [1.29, 1.82) is 0 Å². The van der Waals surface area contributed by atoms with Gasteiger partial charge in [-0.3, -0.25) is 9.69 Å². The number of carbonyl (C=O) groups is 1. The topological polar surface area (TPSA) is 32.3 Å². The number of nitrogens with one attached hydrogen (secondary N) is 1. The van der Waals surface area contributed by atoms with Crippen molar-refractivity contribution in [3.05, 3.63) is 11.6 Å². The van der Waals surface area contributed by atoms with E-state index in [4.69, 9.17) is 0 Å². The highest BCUT2D eigenvalue weighted by Crippen LogP contribution is 2.19. The lowest BCUT2D eigenvalue weighted by Crippen LogP contribution is -2.47. The number of carbonyl (C=O) groups excluding carboxylic acids is 1. The molecule has 1 aliphatic heterocycles. The fourth-order valence-electron chi connectivity index (χ4n) is 3.00. The van der Waals surface area contributed by atoms with Crippen molar-refractivity contribution in [2.75, 3.05) is 20.1 Å². The van der Waals surface area contributed by atoms with E-state index in [2.05, 4.69) is 23.3 Å². The first kappa shape index (κ1) is 13.6. The molecule has 1 fully saturated rings. The molecule has 0 spiro atoms. The monoisotopic (exact) mass is 250 g/mol. The summed E-state index contributed by atoms with van der Waals surface area (Å²) in [5.41, 5.74) is 1.54. The maximum atomic E-state index is 12.1. The Bertz CT molecular complexity index is 312. The van der Waals surface area contributed by atoms with Crippen LogP contribution in [0.4, 0.5) is 0 Å². The largest absolute Gasteiger partial charge is 0.354 e. The van der Waals surface area contributed by atoms with Crippen LogP contribution in [0.25, 0.3) is 0 Å². The minimum absolute atomic E-state index is 0.110. The van der Waals surface area contributed by atoms with Gasteiger partial charge in [-0.05, 0) is 58.5 Å². The van der Waals surface area contributed by atoms with Crippen LogP contribution in [0.5, 0.6) is 0 Å². The predicted octanol–water partition coefficient (Wildman–Crippen LogP) is 2.48. The second-order valence-electron chi connectivity index (χ2n) is 5.64. The van der Waals surface area contributed by atoms with Crippen molar-refractivity contribution in [3.8, 4) is 0 Å². The summed E-state index contributed by atoms with van der Waals surface area (Å²) in [6, 6.07) is 0.110. The predicted molar refractivity (Wildman–Crippen MR) is 74.4 cm³/mol. The first-order valence-corrected chi connectivity index (χ1v) is 7.43. The number of likely N-dealkylation sites (tertiary alicyclic amines) is 1. The molecular formula is C15H26N2O. The zero-order chi connectivity index (χ0) is 12.8. The molecule has 0 bridgehead atoms. The molecule has 3 nitrogen and oxygen atoms in total. The molecule has 2 rings (SSSR count). The third-order valence-electron chi connectivity index (χ3n) is 4.20. The van der Waals surface area contributed by atoms with Gasteiger partial charge < -0.3 is 5.32 Å². The van der Waals surface area contributed by atoms with Gasteiger partial charge in [0.05, 0.1) is 6.04 Å². The van der Waals surface area contributed by atoms with E-state index in [0.717, 1.165) is 25.9 Å². The number of hydrogen-bond acceptors (Lipinski definition) is 2. The second kappa shape index (κ2) is 6.93. The molecule has 1 amide bonds. The van der Waals surface area contributed by atoms with Gasteiger partial charge in [0.25, 0.3) is 0 Å². The third kappa shape index (κ3) is 3.84. The van der Waals surface area contributed by atoms with Crippen LogP contribution in [0.15, 0.2) is 11.6 Å². The van der Waals surface area contributed by atoms with E-state index in [9.17, 15) is 4.79 Å². The molecule has 18 heavy (non-hydrogen) atoms. The molecule has 1 aliphatic carbocycles. The third-order valence-corrected chi connectivity index (χ3v) is 4.20. The van der Waals surface area contributed by atoms with Crippen molar-refractivity contribution >= 4 is 5.91 Å². The van der Waals surface area contributed by atoms with Crippen molar-refractivity contribution in [2.24, 2.45) is 0 Å². The minimum Gasteiger partial charge on any atom is -0.354 e. The normalized spacial score (nSPS) is 25.6. The van der Waals surface area contributed by atoms with E-state index in [-0.39, 0.29) is 11.9 Å². The highest BCUT2D eigenvalue weighted by molar-refractivity contribution is 5.81. The molecule has 0 aromatic carbocycles. The van der Waals surface area contributed by atoms with E-state index in [0.29, 0.717) is 0 Å². The zero-order valence-electron chi connectivity index (χ0n) is 11.6. The summed E-state index contributed by atoms with van der Waals surface area (Å²) < 4.78 is 0. The Morgan fingerprint density at radius 3 is 3.00 bits per heavy atom. The summed E-state index contributed by atoms with van der Waals surface area (Å²) in [4.78, 5) is 14.3. The van der Waals surface area contributed by atoms with Crippen LogP contribution in [0.2, 0.25) is 0 Å². The molecule has 0 saturated carbocycles. The first-order chi connectivity index (χ1) is 8.77. The number of rotatable bonds is 4. The van der Waals surface area contributed by atoms with E-state index in [1.165, 1.54) is 38.5 Å². The molecular weight excluding hydrogens is 224 g/mol. The molecule has 1 atom stereocenters. The number of allylic oxidation sites excluding steroid dienone is 1. The Labute approximate surface area is 111 Å². The van der Waals surface area contributed by atoms with E-state index in [1.807, 2.05) is 0 Å². The summed E-state index contributed by atoms with van der Waals surface area (Å²) >= 11 is 0. The van der Waals surface area contributed by atoms with Gasteiger partial charge in [0.1, 0.15) is 0 Å². The summed E-state index contributed by atoms with van der Waals surface area (Å²) in [5, 5.41) is 3.11.